The maximum absolute atomic E-state index is 12.6. The predicted octanol–water partition coefficient (Wildman–Crippen LogP) is 2.61. The van der Waals surface area contributed by atoms with Crippen LogP contribution in [0.25, 0.3) is 10.9 Å². The van der Waals surface area contributed by atoms with Crippen LogP contribution in [0.15, 0.2) is 30.5 Å². The number of nitrogens with zero attached hydrogens (tertiary/aromatic N) is 3. The van der Waals surface area contributed by atoms with E-state index in [0.29, 0.717) is 19.1 Å². The number of amides is 1. The van der Waals surface area contributed by atoms with Crippen molar-refractivity contribution in [1.82, 2.24) is 19.7 Å². The highest BCUT2D eigenvalue weighted by molar-refractivity contribution is 5.86. The molecule has 3 aliphatic heterocycles. The molecule has 3 saturated heterocycles. The molecule has 0 bridgehead atoms. The summed E-state index contributed by atoms with van der Waals surface area (Å²) in [5, 5.41) is 4.33. The fraction of sp³-hybridized carbons (Fsp3) is 0.625. The molecule has 1 N–H and O–H groups in total. The normalized spacial score (nSPS) is 27.6. The Bertz CT molecular complexity index is 888. The first-order valence-corrected chi connectivity index (χ1v) is 11.6. The second-order valence-corrected chi connectivity index (χ2v) is 9.31. The van der Waals surface area contributed by atoms with E-state index in [2.05, 4.69) is 57.1 Å². The van der Waals surface area contributed by atoms with Crippen LogP contribution in [-0.2, 0) is 22.6 Å². The molecule has 1 aromatic carbocycles. The van der Waals surface area contributed by atoms with Crippen LogP contribution in [0.1, 0.15) is 38.2 Å². The molecule has 0 radical (unpaired) electrons. The van der Waals surface area contributed by atoms with Gasteiger partial charge in [-0.25, -0.2) is 0 Å². The van der Waals surface area contributed by atoms with Crippen LogP contribution in [0.4, 0.5) is 0 Å². The second kappa shape index (κ2) is 8.69. The van der Waals surface area contributed by atoms with Gasteiger partial charge in [-0.15, -0.1) is 0 Å². The van der Waals surface area contributed by atoms with Gasteiger partial charge in [0.2, 0.25) is 5.91 Å². The minimum atomic E-state index is 0.0609. The number of benzene rings is 1. The molecule has 162 valence electrons. The minimum absolute atomic E-state index is 0.0609. The van der Waals surface area contributed by atoms with Crippen molar-refractivity contribution in [2.24, 2.45) is 0 Å². The van der Waals surface area contributed by atoms with Crippen molar-refractivity contribution in [3.63, 3.8) is 0 Å². The molecule has 3 fully saturated rings. The summed E-state index contributed by atoms with van der Waals surface area (Å²) in [5.74, 6) is 0.0609. The highest BCUT2D eigenvalue weighted by atomic mass is 16.5. The first kappa shape index (κ1) is 20.0. The van der Waals surface area contributed by atoms with Gasteiger partial charge in [-0.1, -0.05) is 18.2 Å². The molecule has 5 rings (SSSR count). The van der Waals surface area contributed by atoms with Crippen LogP contribution in [0.3, 0.4) is 0 Å². The number of hydrogen-bond acceptors (Lipinski definition) is 4. The SMILES string of the molecule is C[C@H]1CN2CCC[C@@H]2CN1Cc1cn(CC(=O)NC[C@H]2CCCO2)c2ccccc12. The fourth-order valence-electron chi connectivity index (χ4n) is 5.51. The highest BCUT2D eigenvalue weighted by Crippen LogP contribution is 2.28. The summed E-state index contributed by atoms with van der Waals surface area (Å²) < 4.78 is 7.74. The fourth-order valence-corrected chi connectivity index (χ4v) is 5.51. The number of para-hydroxylation sites is 1. The zero-order valence-electron chi connectivity index (χ0n) is 18.1. The Morgan fingerprint density at radius 3 is 2.97 bits per heavy atom. The molecule has 0 saturated carbocycles. The monoisotopic (exact) mass is 410 g/mol. The zero-order valence-corrected chi connectivity index (χ0v) is 18.1. The number of rotatable bonds is 6. The van der Waals surface area contributed by atoms with E-state index >= 15 is 0 Å². The molecule has 4 heterocycles. The lowest BCUT2D eigenvalue weighted by atomic mass is 10.1. The summed E-state index contributed by atoms with van der Waals surface area (Å²) in [6.07, 6.45) is 7.19. The van der Waals surface area contributed by atoms with Crippen LogP contribution in [0.5, 0.6) is 0 Å². The molecule has 2 aromatic rings. The number of piperazine rings is 1. The van der Waals surface area contributed by atoms with E-state index in [9.17, 15) is 4.79 Å². The van der Waals surface area contributed by atoms with Crippen molar-refractivity contribution in [2.45, 2.75) is 63.9 Å². The Morgan fingerprint density at radius 2 is 2.10 bits per heavy atom. The topological polar surface area (TPSA) is 49.7 Å². The summed E-state index contributed by atoms with van der Waals surface area (Å²) in [6, 6.07) is 9.78. The summed E-state index contributed by atoms with van der Waals surface area (Å²) in [4.78, 5) is 17.9. The number of ether oxygens (including phenoxy) is 1. The highest BCUT2D eigenvalue weighted by Gasteiger charge is 2.34. The van der Waals surface area contributed by atoms with E-state index in [4.69, 9.17) is 4.74 Å². The van der Waals surface area contributed by atoms with E-state index in [-0.39, 0.29) is 12.0 Å². The molecule has 3 atom stereocenters. The van der Waals surface area contributed by atoms with Crippen molar-refractivity contribution in [1.29, 1.82) is 0 Å². The molecule has 1 aromatic heterocycles. The van der Waals surface area contributed by atoms with Gasteiger partial charge in [-0.3, -0.25) is 14.6 Å². The van der Waals surface area contributed by atoms with Crippen molar-refractivity contribution >= 4 is 16.8 Å². The summed E-state index contributed by atoms with van der Waals surface area (Å²) in [7, 11) is 0. The Kier molecular flexibility index (Phi) is 5.81. The third kappa shape index (κ3) is 4.13. The average molecular weight is 411 g/mol. The number of aromatic nitrogens is 1. The molecular formula is C24H34N4O2. The molecule has 3 aliphatic rings. The van der Waals surface area contributed by atoms with E-state index in [1.807, 2.05) is 0 Å². The molecule has 0 aliphatic carbocycles. The Labute approximate surface area is 179 Å². The van der Waals surface area contributed by atoms with Gasteiger partial charge < -0.3 is 14.6 Å². The summed E-state index contributed by atoms with van der Waals surface area (Å²) in [6.45, 7) is 8.70. The third-order valence-corrected chi connectivity index (χ3v) is 7.18. The summed E-state index contributed by atoms with van der Waals surface area (Å²) in [5.41, 5.74) is 2.47. The lowest BCUT2D eigenvalue weighted by molar-refractivity contribution is -0.122. The molecular weight excluding hydrogens is 376 g/mol. The van der Waals surface area contributed by atoms with Crippen molar-refractivity contribution in [2.75, 3.05) is 32.8 Å². The molecule has 6 nitrogen and oxygen atoms in total. The molecule has 0 spiro atoms. The maximum Gasteiger partial charge on any atom is 0.240 e. The average Bonchev–Trinajstić information content (AvgIpc) is 3.48. The van der Waals surface area contributed by atoms with Gasteiger partial charge >= 0.3 is 0 Å². The molecule has 1 amide bonds. The quantitative estimate of drug-likeness (QED) is 0.795. The van der Waals surface area contributed by atoms with Crippen LogP contribution in [-0.4, -0.2) is 71.2 Å². The van der Waals surface area contributed by atoms with Gasteiger partial charge in [0, 0.05) is 62.0 Å². The number of nitrogens with one attached hydrogen (secondary N) is 1. The van der Waals surface area contributed by atoms with Crippen molar-refractivity contribution < 1.29 is 9.53 Å². The lowest BCUT2D eigenvalue weighted by Crippen LogP contribution is -2.54. The van der Waals surface area contributed by atoms with Gasteiger partial charge in [0.05, 0.1) is 6.10 Å². The lowest BCUT2D eigenvalue weighted by Gasteiger charge is -2.42. The first-order chi connectivity index (χ1) is 14.7. The van der Waals surface area contributed by atoms with Gasteiger partial charge in [0.25, 0.3) is 0 Å². The molecule has 30 heavy (non-hydrogen) atoms. The number of carbonyl (C=O) groups excluding carboxylic acids is 1. The van der Waals surface area contributed by atoms with Crippen molar-refractivity contribution in [3.05, 3.63) is 36.0 Å². The van der Waals surface area contributed by atoms with Gasteiger partial charge in [-0.2, -0.15) is 0 Å². The van der Waals surface area contributed by atoms with Crippen LogP contribution < -0.4 is 5.32 Å². The number of carbonyl (C=O) groups is 1. The van der Waals surface area contributed by atoms with Crippen LogP contribution in [0, 0.1) is 0 Å². The Hall–Kier alpha value is -1.89. The van der Waals surface area contributed by atoms with Gasteiger partial charge in [0.15, 0.2) is 0 Å². The third-order valence-electron chi connectivity index (χ3n) is 7.18. The maximum atomic E-state index is 12.6. The predicted molar refractivity (Wildman–Crippen MR) is 118 cm³/mol. The summed E-state index contributed by atoms with van der Waals surface area (Å²) >= 11 is 0. The van der Waals surface area contributed by atoms with Crippen LogP contribution in [0.2, 0.25) is 0 Å². The standard InChI is InChI=1S/C24H34N4O2/c1-18-13-26-10-4-6-20(26)16-27(18)14-19-15-28(23-9-3-2-8-22(19)23)17-24(29)25-12-21-7-5-11-30-21/h2-3,8-9,15,18,20-21H,4-7,10-14,16-17H2,1H3,(H,25,29)/t18-,20+,21+/m0/s1. The zero-order chi connectivity index (χ0) is 20.5. The molecule has 6 heteroatoms. The Balaban J connectivity index is 1.29. The van der Waals surface area contributed by atoms with E-state index in [1.165, 1.54) is 36.9 Å². The van der Waals surface area contributed by atoms with E-state index in [0.717, 1.165) is 44.1 Å². The van der Waals surface area contributed by atoms with E-state index < -0.39 is 0 Å². The minimum Gasteiger partial charge on any atom is -0.376 e. The number of fused-ring (bicyclic) bond motifs is 2. The van der Waals surface area contributed by atoms with Crippen LogP contribution >= 0.6 is 0 Å². The smallest absolute Gasteiger partial charge is 0.240 e. The van der Waals surface area contributed by atoms with Gasteiger partial charge in [0.1, 0.15) is 6.54 Å². The van der Waals surface area contributed by atoms with Crippen molar-refractivity contribution in [3.8, 4) is 0 Å². The largest absolute Gasteiger partial charge is 0.376 e. The van der Waals surface area contributed by atoms with Gasteiger partial charge in [-0.05, 0) is 50.8 Å². The Morgan fingerprint density at radius 1 is 1.20 bits per heavy atom. The number of hydrogen-bond donors (Lipinski definition) is 1. The molecule has 0 unspecified atom stereocenters. The van der Waals surface area contributed by atoms with E-state index in [1.54, 1.807) is 0 Å². The second-order valence-electron chi connectivity index (χ2n) is 9.31. The first-order valence-electron chi connectivity index (χ1n) is 11.6.